The number of aromatic nitrogens is 3. The fourth-order valence-corrected chi connectivity index (χ4v) is 3.13. The first-order valence-electron chi connectivity index (χ1n) is 8.30. The average molecular weight is 327 g/mol. The maximum atomic E-state index is 5.82. The molecule has 7 nitrogen and oxygen atoms in total. The SMILES string of the molecule is Cc1noc([C@H](C)N2CCN(Cc3nc4ccccc4o3)CC2)n1. The molecule has 0 N–H and O–H groups in total. The van der Waals surface area contributed by atoms with Crippen molar-refractivity contribution >= 4 is 11.1 Å². The topological polar surface area (TPSA) is 71.4 Å². The average Bonchev–Trinajstić information content (AvgIpc) is 3.20. The predicted octanol–water partition coefficient (Wildman–Crippen LogP) is 2.40. The highest BCUT2D eigenvalue weighted by molar-refractivity contribution is 5.72. The molecule has 2 aromatic heterocycles. The number of fused-ring (bicyclic) bond motifs is 1. The van der Waals surface area contributed by atoms with Gasteiger partial charge in [0, 0.05) is 26.2 Å². The zero-order valence-electron chi connectivity index (χ0n) is 14.0. The zero-order chi connectivity index (χ0) is 16.5. The van der Waals surface area contributed by atoms with E-state index in [0.29, 0.717) is 11.7 Å². The number of para-hydroxylation sites is 2. The summed E-state index contributed by atoms with van der Waals surface area (Å²) in [6.45, 7) is 8.57. The van der Waals surface area contributed by atoms with Gasteiger partial charge in [-0.25, -0.2) is 4.98 Å². The second-order valence-corrected chi connectivity index (χ2v) is 6.24. The van der Waals surface area contributed by atoms with Crippen LogP contribution in [0.5, 0.6) is 0 Å². The lowest BCUT2D eigenvalue weighted by Gasteiger charge is -2.36. The first-order valence-corrected chi connectivity index (χ1v) is 8.30. The number of benzene rings is 1. The number of oxazole rings is 1. The van der Waals surface area contributed by atoms with Gasteiger partial charge < -0.3 is 8.94 Å². The van der Waals surface area contributed by atoms with Crippen LogP contribution in [0.3, 0.4) is 0 Å². The standard InChI is InChI=1S/C17H21N5O2/c1-12(17-18-13(2)20-24-17)22-9-7-21(8-10-22)11-16-19-14-5-3-4-6-15(14)23-16/h3-6,12H,7-11H2,1-2H3/t12-/m0/s1. The molecule has 0 amide bonds. The second-order valence-electron chi connectivity index (χ2n) is 6.24. The molecule has 1 aliphatic rings. The van der Waals surface area contributed by atoms with Crippen LogP contribution in [0.1, 0.15) is 30.6 Å². The number of rotatable bonds is 4. The minimum Gasteiger partial charge on any atom is -0.439 e. The highest BCUT2D eigenvalue weighted by Gasteiger charge is 2.26. The van der Waals surface area contributed by atoms with Gasteiger partial charge in [0.1, 0.15) is 5.52 Å². The van der Waals surface area contributed by atoms with E-state index in [4.69, 9.17) is 8.94 Å². The molecule has 0 spiro atoms. The highest BCUT2D eigenvalue weighted by Crippen LogP contribution is 2.21. The quantitative estimate of drug-likeness (QED) is 0.728. The lowest BCUT2D eigenvalue weighted by Crippen LogP contribution is -2.46. The molecule has 0 radical (unpaired) electrons. The summed E-state index contributed by atoms with van der Waals surface area (Å²) in [6.07, 6.45) is 0. The molecule has 126 valence electrons. The van der Waals surface area contributed by atoms with Gasteiger partial charge in [-0.1, -0.05) is 17.3 Å². The van der Waals surface area contributed by atoms with E-state index in [0.717, 1.165) is 49.7 Å². The van der Waals surface area contributed by atoms with Crippen LogP contribution in [-0.4, -0.2) is 51.1 Å². The first-order chi connectivity index (χ1) is 11.7. The van der Waals surface area contributed by atoms with Crippen LogP contribution < -0.4 is 0 Å². The Labute approximate surface area is 140 Å². The molecular weight excluding hydrogens is 306 g/mol. The summed E-state index contributed by atoms with van der Waals surface area (Å²) in [4.78, 5) is 13.6. The molecule has 0 saturated carbocycles. The molecule has 1 fully saturated rings. The number of aryl methyl sites for hydroxylation is 1. The van der Waals surface area contributed by atoms with Crippen LogP contribution in [0.4, 0.5) is 0 Å². The lowest BCUT2D eigenvalue weighted by molar-refractivity contribution is 0.0801. The summed E-state index contributed by atoms with van der Waals surface area (Å²) in [5.41, 5.74) is 1.78. The molecule has 1 aromatic carbocycles. The molecule has 1 aliphatic heterocycles. The van der Waals surface area contributed by atoms with Crippen molar-refractivity contribution in [3.8, 4) is 0 Å². The van der Waals surface area contributed by atoms with Crippen LogP contribution in [-0.2, 0) is 6.54 Å². The van der Waals surface area contributed by atoms with E-state index >= 15 is 0 Å². The molecular formula is C17H21N5O2. The van der Waals surface area contributed by atoms with Crippen LogP contribution >= 0.6 is 0 Å². The Balaban J connectivity index is 1.35. The third-order valence-electron chi connectivity index (χ3n) is 4.55. The Morgan fingerprint density at radius 3 is 2.62 bits per heavy atom. The fraction of sp³-hybridized carbons (Fsp3) is 0.471. The van der Waals surface area contributed by atoms with Crippen LogP contribution in [0, 0.1) is 6.92 Å². The van der Waals surface area contributed by atoms with E-state index < -0.39 is 0 Å². The van der Waals surface area contributed by atoms with E-state index in [1.807, 2.05) is 31.2 Å². The van der Waals surface area contributed by atoms with Gasteiger partial charge in [-0.05, 0) is 26.0 Å². The smallest absolute Gasteiger partial charge is 0.243 e. The van der Waals surface area contributed by atoms with Crippen molar-refractivity contribution in [3.05, 3.63) is 41.9 Å². The third-order valence-corrected chi connectivity index (χ3v) is 4.55. The van der Waals surface area contributed by atoms with Gasteiger partial charge in [-0.3, -0.25) is 9.80 Å². The maximum Gasteiger partial charge on any atom is 0.243 e. The van der Waals surface area contributed by atoms with E-state index in [1.165, 1.54) is 0 Å². The number of nitrogens with zero attached hydrogens (tertiary/aromatic N) is 5. The highest BCUT2D eigenvalue weighted by atomic mass is 16.5. The van der Waals surface area contributed by atoms with Gasteiger partial charge in [-0.2, -0.15) is 4.98 Å². The maximum absolute atomic E-state index is 5.82. The van der Waals surface area contributed by atoms with E-state index in [2.05, 4.69) is 31.8 Å². The zero-order valence-corrected chi connectivity index (χ0v) is 14.0. The summed E-state index contributed by atoms with van der Waals surface area (Å²) in [6, 6.07) is 8.04. The summed E-state index contributed by atoms with van der Waals surface area (Å²) in [7, 11) is 0. The van der Waals surface area contributed by atoms with Crippen molar-refractivity contribution in [2.45, 2.75) is 26.4 Å². The van der Waals surface area contributed by atoms with Crippen LogP contribution in [0.2, 0.25) is 0 Å². The normalized spacial score (nSPS) is 18.2. The van der Waals surface area contributed by atoms with E-state index in [-0.39, 0.29) is 6.04 Å². The molecule has 24 heavy (non-hydrogen) atoms. The Bertz CT molecular complexity index is 786. The molecule has 1 atom stereocenters. The first kappa shape index (κ1) is 15.3. The van der Waals surface area contributed by atoms with Gasteiger partial charge >= 0.3 is 0 Å². The molecule has 4 rings (SSSR count). The predicted molar refractivity (Wildman–Crippen MR) is 88.3 cm³/mol. The number of hydrogen-bond acceptors (Lipinski definition) is 7. The van der Waals surface area contributed by atoms with E-state index in [1.54, 1.807) is 0 Å². The minimum atomic E-state index is 0.151. The molecule has 3 aromatic rings. The summed E-state index contributed by atoms with van der Waals surface area (Å²) < 4.78 is 11.1. The number of piperazine rings is 1. The van der Waals surface area contributed by atoms with Crippen molar-refractivity contribution in [1.29, 1.82) is 0 Å². The monoisotopic (exact) mass is 327 g/mol. The van der Waals surface area contributed by atoms with Gasteiger partial charge in [0.15, 0.2) is 11.4 Å². The molecule has 0 aliphatic carbocycles. The van der Waals surface area contributed by atoms with Gasteiger partial charge in [0.05, 0.1) is 12.6 Å². The summed E-state index contributed by atoms with van der Waals surface area (Å²) >= 11 is 0. The Kier molecular flexibility index (Phi) is 4.03. The van der Waals surface area contributed by atoms with Crippen LogP contribution in [0.15, 0.2) is 33.2 Å². The molecule has 3 heterocycles. The Morgan fingerprint density at radius 2 is 1.92 bits per heavy atom. The van der Waals surface area contributed by atoms with Crippen molar-refractivity contribution in [2.75, 3.05) is 26.2 Å². The van der Waals surface area contributed by atoms with Crippen LogP contribution in [0.25, 0.3) is 11.1 Å². The third kappa shape index (κ3) is 3.05. The van der Waals surface area contributed by atoms with Gasteiger partial charge in [-0.15, -0.1) is 0 Å². The molecule has 0 bridgehead atoms. The van der Waals surface area contributed by atoms with Crippen molar-refractivity contribution in [3.63, 3.8) is 0 Å². The molecule has 1 saturated heterocycles. The van der Waals surface area contributed by atoms with Gasteiger partial charge in [0.25, 0.3) is 0 Å². The molecule has 7 heteroatoms. The second kappa shape index (κ2) is 6.33. The Hall–Kier alpha value is -2.25. The van der Waals surface area contributed by atoms with Crippen molar-refractivity contribution in [2.24, 2.45) is 0 Å². The number of hydrogen-bond donors (Lipinski definition) is 0. The van der Waals surface area contributed by atoms with Gasteiger partial charge in [0.2, 0.25) is 11.8 Å². The summed E-state index contributed by atoms with van der Waals surface area (Å²) in [5.74, 6) is 2.16. The van der Waals surface area contributed by atoms with Crippen molar-refractivity contribution < 1.29 is 8.94 Å². The largest absolute Gasteiger partial charge is 0.439 e. The molecule has 0 unspecified atom stereocenters. The van der Waals surface area contributed by atoms with Crippen molar-refractivity contribution in [1.82, 2.24) is 24.9 Å². The fourth-order valence-electron chi connectivity index (χ4n) is 3.13. The van der Waals surface area contributed by atoms with E-state index in [9.17, 15) is 0 Å². The summed E-state index contributed by atoms with van der Waals surface area (Å²) in [5, 5.41) is 3.88. The Morgan fingerprint density at radius 1 is 1.12 bits per heavy atom. The lowest BCUT2D eigenvalue weighted by atomic mass is 10.2. The minimum absolute atomic E-state index is 0.151.